The molecule has 0 aliphatic carbocycles. The minimum Gasteiger partial charge on any atom is -0.353 e. The van der Waals surface area contributed by atoms with E-state index in [9.17, 15) is 0 Å². The third-order valence-corrected chi connectivity index (χ3v) is 9.74. The Kier molecular flexibility index (Phi) is 45.2. The van der Waals surface area contributed by atoms with Gasteiger partial charge >= 0.3 is 0 Å². The Morgan fingerprint density at radius 3 is 0.964 bits per heavy atom. The molecule has 0 amide bonds. The van der Waals surface area contributed by atoms with Crippen molar-refractivity contribution >= 4 is 0 Å². The zero-order valence-electron chi connectivity index (χ0n) is 37.5. The van der Waals surface area contributed by atoms with Crippen molar-refractivity contribution in [2.24, 2.45) is 0 Å². The molecule has 0 fully saturated rings. The van der Waals surface area contributed by atoms with Crippen molar-refractivity contribution in [2.45, 2.75) is 246 Å². The van der Waals surface area contributed by atoms with Crippen molar-refractivity contribution in [1.82, 2.24) is 0 Å². The fourth-order valence-corrected chi connectivity index (χ4v) is 6.00. The van der Waals surface area contributed by atoms with E-state index in [0.29, 0.717) is 13.2 Å². The molecule has 0 radical (unpaired) electrons. The van der Waals surface area contributed by atoms with Gasteiger partial charge in [-0.25, -0.2) is 0 Å². The van der Waals surface area contributed by atoms with E-state index < -0.39 is 12.6 Å². The Hall–Kier alpha value is -0.800. The summed E-state index contributed by atoms with van der Waals surface area (Å²) in [6, 6.07) is 0. The summed E-state index contributed by atoms with van der Waals surface area (Å²) >= 11 is 0. The highest BCUT2D eigenvalue weighted by molar-refractivity contribution is 4.90. The zero-order chi connectivity index (χ0) is 40.1. The number of hydrogen-bond acceptors (Lipinski definition) is 7. The van der Waals surface area contributed by atoms with E-state index >= 15 is 0 Å². The topological polar surface area (TPSA) is 64.6 Å². The standard InChI is InChI=1S/C48H94O7/c1-7-13-19-21-27-33-43-53-47(37-31-25-23-29-35-45(49-39-15-9-3)50-40-16-10-4)55-48(54-44-34-28-22-20-14-8-2)38-32-26-24-30-36-46(51-41-17-11-5)52-42-18-12-6/h31-32,37-38,45-48H,7-30,33-36,39-44H2,1-6H3. The molecule has 0 aliphatic heterocycles. The van der Waals surface area contributed by atoms with Crippen molar-refractivity contribution in [3.05, 3.63) is 24.3 Å². The van der Waals surface area contributed by atoms with E-state index in [1.54, 1.807) is 0 Å². The molecular formula is C48H94O7. The van der Waals surface area contributed by atoms with Gasteiger partial charge in [-0.2, -0.15) is 0 Å². The molecule has 0 heterocycles. The Morgan fingerprint density at radius 1 is 0.309 bits per heavy atom. The van der Waals surface area contributed by atoms with Crippen LogP contribution in [-0.4, -0.2) is 64.8 Å². The second-order valence-corrected chi connectivity index (χ2v) is 15.3. The minimum absolute atomic E-state index is 0.0881. The lowest BCUT2D eigenvalue weighted by Crippen LogP contribution is -2.25. The van der Waals surface area contributed by atoms with Crippen LogP contribution in [0.25, 0.3) is 0 Å². The highest BCUT2D eigenvalue weighted by Crippen LogP contribution is 2.16. The van der Waals surface area contributed by atoms with Crippen LogP contribution in [-0.2, 0) is 33.2 Å². The van der Waals surface area contributed by atoms with Crippen molar-refractivity contribution in [3.8, 4) is 0 Å². The van der Waals surface area contributed by atoms with Crippen molar-refractivity contribution in [1.29, 1.82) is 0 Å². The number of rotatable bonds is 46. The van der Waals surface area contributed by atoms with Gasteiger partial charge in [0.1, 0.15) is 0 Å². The van der Waals surface area contributed by atoms with E-state index in [0.717, 1.165) is 142 Å². The van der Waals surface area contributed by atoms with Crippen LogP contribution in [0.2, 0.25) is 0 Å². The SMILES string of the molecule is CCCCCCCCOC(C=CCCCCC(OCCCC)OCCCC)OC(C=CCCCCC(OCCCC)OCCCC)OCCCCCCCC. The number of hydrogen-bond donors (Lipinski definition) is 0. The molecule has 0 bridgehead atoms. The van der Waals surface area contributed by atoms with Gasteiger partial charge in [-0.3, -0.25) is 0 Å². The lowest BCUT2D eigenvalue weighted by atomic mass is 10.1. The molecule has 0 saturated heterocycles. The van der Waals surface area contributed by atoms with Crippen LogP contribution in [0.1, 0.15) is 221 Å². The maximum absolute atomic E-state index is 6.55. The molecule has 7 heteroatoms. The molecule has 0 N–H and O–H groups in total. The first-order valence-corrected chi connectivity index (χ1v) is 23.8. The van der Waals surface area contributed by atoms with Crippen molar-refractivity contribution in [3.63, 3.8) is 0 Å². The van der Waals surface area contributed by atoms with Crippen molar-refractivity contribution in [2.75, 3.05) is 39.6 Å². The van der Waals surface area contributed by atoms with Gasteiger partial charge in [0.05, 0.1) is 13.2 Å². The number of allylic oxidation sites excluding steroid dienone is 2. The van der Waals surface area contributed by atoms with E-state index in [1.165, 1.54) is 64.2 Å². The Bertz CT molecular complexity index is 693. The zero-order valence-corrected chi connectivity index (χ0v) is 37.5. The molecule has 2 atom stereocenters. The van der Waals surface area contributed by atoms with Crippen molar-refractivity contribution < 1.29 is 33.2 Å². The van der Waals surface area contributed by atoms with Crippen LogP contribution in [0.3, 0.4) is 0 Å². The third-order valence-electron chi connectivity index (χ3n) is 9.74. The lowest BCUT2D eigenvalue weighted by Gasteiger charge is -2.22. The molecule has 55 heavy (non-hydrogen) atoms. The van der Waals surface area contributed by atoms with Gasteiger partial charge < -0.3 is 33.2 Å². The summed E-state index contributed by atoms with van der Waals surface area (Å²) in [6.07, 6.45) is 39.5. The van der Waals surface area contributed by atoms with Crippen LogP contribution in [0.4, 0.5) is 0 Å². The van der Waals surface area contributed by atoms with Crippen LogP contribution in [0.5, 0.6) is 0 Å². The molecular weight excluding hydrogens is 689 g/mol. The molecule has 0 aromatic rings. The minimum atomic E-state index is -0.432. The summed E-state index contributed by atoms with van der Waals surface area (Å²) in [5.41, 5.74) is 0. The van der Waals surface area contributed by atoms with Gasteiger partial charge in [0.15, 0.2) is 25.2 Å². The van der Waals surface area contributed by atoms with E-state index in [-0.39, 0.29) is 12.6 Å². The predicted molar refractivity (Wildman–Crippen MR) is 234 cm³/mol. The molecule has 0 saturated carbocycles. The molecule has 328 valence electrons. The highest BCUT2D eigenvalue weighted by Gasteiger charge is 2.15. The molecule has 7 nitrogen and oxygen atoms in total. The van der Waals surface area contributed by atoms with E-state index in [1.807, 2.05) is 0 Å². The maximum atomic E-state index is 6.55. The van der Waals surface area contributed by atoms with E-state index in [2.05, 4.69) is 65.8 Å². The summed E-state index contributed by atoms with van der Waals surface area (Å²) < 4.78 is 43.5. The summed E-state index contributed by atoms with van der Waals surface area (Å²) in [5, 5.41) is 0. The van der Waals surface area contributed by atoms with Crippen LogP contribution >= 0.6 is 0 Å². The Morgan fingerprint density at radius 2 is 0.618 bits per heavy atom. The van der Waals surface area contributed by atoms with Gasteiger partial charge in [0, 0.05) is 26.4 Å². The fourth-order valence-electron chi connectivity index (χ4n) is 6.00. The second kappa shape index (κ2) is 45.9. The Balaban J connectivity index is 5.31. The first-order valence-electron chi connectivity index (χ1n) is 23.8. The average molecular weight is 783 g/mol. The van der Waals surface area contributed by atoms with Crippen LogP contribution in [0, 0.1) is 0 Å². The second-order valence-electron chi connectivity index (χ2n) is 15.3. The predicted octanol–water partition coefficient (Wildman–Crippen LogP) is 14.6. The summed E-state index contributed by atoms with van der Waals surface area (Å²) in [6.45, 7) is 17.8. The normalized spacial score (nSPS) is 13.4. The third kappa shape index (κ3) is 39.8. The lowest BCUT2D eigenvalue weighted by molar-refractivity contribution is -0.208. The number of ether oxygens (including phenoxy) is 7. The quantitative estimate of drug-likeness (QED) is 0.0346. The summed E-state index contributed by atoms with van der Waals surface area (Å²) in [5.74, 6) is 0. The van der Waals surface area contributed by atoms with Gasteiger partial charge in [-0.15, -0.1) is 0 Å². The number of unbranched alkanes of at least 4 members (excludes halogenated alkanes) is 18. The summed E-state index contributed by atoms with van der Waals surface area (Å²) in [7, 11) is 0. The summed E-state index contributed by atoms with van der Waals surface area (Å²) in [4.78, 5) is 0. The molecule has 2 unspecified atom stereocenters. The molecule has 0 rings (SSSR count). The molecule has 0 aliphatic rings. The fraction of sp³-hybridized carbons (Fsp3) is 0.917. The van der Waals surface area contributed by atoms with Gasteiger partial charge in [0.2, 0.25) is 0 Å². The smallest absolute Gasteiger partial charge is 0.180 e. The monoisotopic (exact) mass is 783 g/mol. The Labute approximate surface area is 342 Å². The van der Waals surface area contributed by atoms with Gasteiger partial charge in [-0.1, -0.05) is 144 Å². The first-order chi connectivity index (χ1) is 27.1. The average Bonchev–Trinajstić information content (AvgIpc) is 3.19. The molecule has 0 aromatic heterocycles. The highest BCUT2D eigenvalue weighted by atomic mass is 16.8. The first kappa shape index (κ1) is 54.2. The molecule has 0 aromatic carbocycles. The maximum Gasteiger partial charge on any atom is 0.180 e. The van der Waals surface area contributed by atoms with Crippen LogP contribution < -0.4 is 0 Å². The largest absolute Gasteiger partial charge is 0.353 e. The molecule has 0 spiro atoms. The van der Waals surface area contributed by atoms with Gasteiger partial charge in [0.25, 0.3) is 0 Å². The van der Waals surface area contributed by atoms with E-state index in [4.69, 9.17) is 33.2 Å². The van der Waals surface area contributed by atoms with Crippen LogP contribution in [0.15, 0.2) is 24.3 Å². The van der Waals surface area contributed by atoms with Gasteiger partial charge in [-0.05, 0) is 102 Å².